The number of nitrogens with one attached hydrogen (secondary N) is 1. The van der Waals surface area contributed by atoms with Crippen LogP contribution >= 0.6 is 0 Å². The van der Waals surface area contributed by atoms with E-state index in [1.54, 1.807) is 7.05 Å². The van der Waals surface area contributed by atoms with Crippen molar-refractivity contribution >= 4 is 0 Å². The van der Waals surface area contributed by atoms with E-state index in [9.17, 15) is 5.11 Å². The first kappa shape index (κ1) is 12.4. The van der Waals surface area contributed by atoms with E-state index < -0.39 is 5.60 Å². The molecule has 17 heavy (non-hydrogen) atoms. The molecule has 1 heterocycles. The highest BCUT2D eigenvalue weighted by Crippen LogP contribution is 2.31. The van der Waals surface area contributed by atoms with E-state index >= 15 is 0 Å². The van der Waals surface area contributed by atoms with Gasteiger partial charge in [0, 0.05) is 6.54 Å². The van der Waals surface area contributed by atoms with Gasteiger partial charge in [0.25, 0.3) is 0 Å². The minimum absolute atomic E-state index is 0.547. The van der Waals surface area contributed by atoms with Crippen LogP contribution in [0.1, 0.15) is 38.4 Å². The number of rotatable bonds is 4. The predicted molar refractivity (Wildman–Crippen MR) is 63.1 cm³/mol. The molecular formula is C11H21N5O. The molecule has 1 aliphatic rings. The second kappa shape index (κ2) is 5.10. The molecule has 0 spiro atoms. The highest BCUT2D eigenvalue weighted by molar-refractivity contribution is 4.87. The molecule has 2 rings (SSSR count). The van der Waals surface area contributed by atoms with Gasteiger partial charge in [-0.15, -0.1) is 10.2 Å². The highest BCUT2D eigenvalue weighted by atomic mass is 16.3. The highest BCUT2D eigenvalue weighted by Gasteiger charge is 2.31. The molecule has 1 fully saturated rings. The van der Waals surface area contributed by atoms with Gasteiger partial charge in [0.15, 0.2) is 5.82 Å². The van der Waals surface area contributed by atoms with Gasteiger partial charge in [0.2, 0.25) is 0 Å². The van der Waals surface area contributed by atoms with Gasteiger partial charge in [-0.25, -0.2) is 0 Å². The molecule has 1 aromatic rings. The molecule has 6 heteroatoms. The normalized spacial score (nSPS) is 29.5. The van der Waals surface area contributed by atoms with Crippen LogP contribution in [-0.2, 0) is 13.6 Å². The Balaban J connectivity index is 1.74. The van der Waals surface area contributed by atoms with Crippen molar-refractivity contribution < 1.29 is 5.11 Å². The number of tetrazole rings is 1. The summed E-state index contributed by atoms with van der Waals surface area (Å²) in [4.78, 5) is 1.44. The third kappa shape index (κ3) is 3.47. The Morgan fingerprint density at radius 1 is 1.47 bits per heavy atom. The van der Waals surface area contributed by atoms with Crippen LogP contribution in [0.2, 0.25) is 0 Å². The van der Waals surface area contributed by atoms with Crippen molar-refractivity contribution in [2.75, 3.05) is 6.54 Å². The lowest BCUT2D eigenvalue weighted by molar-refractivity contribution is -0.00641. The maximum absolute atomic E-state index is 10.3. The fraction of sp³-hybridized carbons (Fsp3) is 0.909. The van der Waals surface area contributed by atoms with Crippen LogP contribution in [0, 0.1) is 5.92 Å². The van der Waals surface area contributed by atoms with Gasteiger partial charge in [0.1, 0.15) is 0 Å². The largest absolute Gasteiger partial charge is 0.389 e. The molecule has 2 N–H and O–H groups in total. The van der Waals surface area contributed by atoms with Gasteiger partial charge in [-0.05, 0) is 36.8 Å². The van der Waals surface area contributed by atoms with E-state index in [1.165, 1.54) is 4.80 Å². The standard InChI is InChI=1S/C11H21N5O/c1-9-3-5-11(17,6-4-9)8-12-7-10-13-15-16(2)14-10/h9,12,17H,3-8H2,1-2H3. The Morgan fingerprint density at radius 3 is 2.76 bits per heavy atom. The third-order valence-corrected chi connectivity index (χ3v) is 3.49. The average molecular weight is 239 g/mol. The van der Waals surface area contributed by atoms with Crippen LogP contribution in [0.15, 0.2) is 0 Å². The molecule has 1 aromatic heterocycles. The molecule has 0 saturated heterocycles. The maximum atomic E-state index is 10.3. The molecule has 96 valence electrons. The molecule has 0 unspecified atom stereocenters. The quantitative estimate of drug-likeness (QED) is 0.787. The predicted octanol–water partition coefficient (Wildman–Crippen LogP) is 0.241. The topological polar surface area (TPSA) is 75.9 Å². The lowest BCUT2D eigenvalue weighted by Gasteiger charge is -2.34. The zero-order valence-corrected chi connectivity index (χ0v) is 10.6. The lowest BCUT2D eigenvalue weighted by Crippen LogP contribution is -2.43. The van der Waals surface area contributed by atoms with E-state index in [1.807, 2.05) is 0 Å². The zero-order valence-electron chi connectivity index (χ0n) is 10.6. The Hall–Kier alpha value is -1.01. The van der Waals surface area contributed by atoms with Crippen LogP contribution < -0.4 is 5.32 Å². The van der Waals surface area contributed by atoms with Crippen LogP contribution in [0.3, 0.4) is 0 Å². The van der Waals surface area contributed by atoms with E-state index in [4.69, 9.17) is 0 Å². The minimum Gasteiger partial charge on any atom is -0.389 e. The van der Waals surface area contributed by atoms with E-state index in [0.29, 0.717) is 18.9 Å². The van der Waals surface area contributed by atoms with E-state index in [0.717, 1.165) is 31.6 Å². The fourth-order valence-electron chi connectivity index (χ4n) is 2.28. The molecule has 0 atom stereocenters. The SMILES string of the molecule is CC1CCC(O)(CNCc2nnn(C)n2)CC1. The summed E-state index contributed by atoms with van der Waals surface area (Å²) >= 11 is 0. The first-order valence-electron chi connectivity index (χ1n) is 6.23. The summed E-state index contributed by atoms with van der Waals surface area (Å²) in [5.41, 5.74) is -0.547. The molecule has 0 aliphatic heterocycles. The molecule has 0 radical (unpaired) electrons. The molecule has 6 nitrogen and oxygen atoms in total. The molecule has 1 aliphatic carbocycles. The number of nitrogens with zero attached hydrogens (tertiary/aromatic N) is 4. The Labute approximate surface area is 101 Å². The summed E-state index contributed by atoms with van der Waals surface area (Å²) < 4.78 is 0. The molecule has 0 aromatic carbocycles. The van der Waals surface area contributed by atoms with Crippen LogP contribution in [0.25, 0.3) is 0 Å². The summed E-state index contributed by atoms with van der Waals surface area (Å²) in [6.45, 7) is 3.42. The van der Waals surface area contributed by atoms with Gasteiger partial charge in [-0.2, -0.15) is 4.80 Å². The molecular weight excluding hydrogens is 218 g/mol. The second-order valence-electron chi connectivity index (χ2n) is 5.21. The Morgan fingerprint density at radius 2 is 2.18 bits per heavy atom. The van der Waals surface area contributed by atoms with Crippen molar-refractivity contribution in [3.8, 4) is 0 Å². The minimum atomic E-state index is -0.547. The molecule has 0 bridgehead atoms. The van der Waals surface area contributed by atoms with Gasteiger partial charge < -0.3 is 10.4 Å². The third-order valence-electron chi connectivity index (χ3n) is 3.49. The summed E-state index contributed by atoms with van der Waals surface area (Å²) in [5.74, 6) is 1.41. The number of aliphatic hydroxyl groups is 1. The number of aryl methyl sites for hydroxylation is 1. The fourth-order valence-corrected chi connectivity index (χ4v) is 2.28. The number of aromatic nitrogens is 4. The van der Waals surface area contributed by atoms with Gasteiger partial charge in [-0.3, -0.25) is 0 Å². The monoisotopic (exact) mass is 239 g/mol. The summed E-state index contributed by atoms with van der Waals surface area (Å²) in [7, 11) is 1.74. The summed E-state index contributed by atoms with van der Waals surface area (Å²) in [6.07, 6.45) is 3.99. The maximum Gasteiger partial charge on any atom is 0.188 e. The van der Waals surface area contributed by atoms with E-state index in [2.05, 4.69) is 27.7 Å². The summed E-state index contributed by atoms with van der Waals surface area (Å²) in [5, 5.41) is 25.3. The zero-order chi connectivity index (χ0) is 12.3. The van der Waals surface area contributed by atoms with Crippen molar-refractivity contribution in [2.24, 2.45) is 13.0 Å². The lowest BCUT2D eigenvalue weighted by atomic mass is 9.79. The van der Waals surface area contributed by atoms with Crippen LogP contribution in [-0.4, -0.2) is 37.5 Å². The second-order valence-corrected chi connectivity index (χ2v) is 5.21. The van der Waals surface area contributed by atoms with Gasteiger partial charge >= 0.3 is 0 Å². The Bertz CT molecular complexity index is 356. The van der Waals surface area contributed by atoms with Crippen LogP contribution in [0.4, 0.5) is 0 Å². The average Bonchev–Trinajstić information content (AvgIpc) is 2.69. The first-order chi connectivity index (χ1) is 8.07. The van der Waals surface area contributed by atoms with Crippen molar-refractivity contribution in [1.29, 1.82) is 0 Å². The number of hydrogen-bond donors (Lipinski definition) is 2. The van der Waals surface area contributed by atoms with E-state index in [-0.39, 0.29) is 0 Å². The first-order valence-corrected chi connectivity index (χ1v) is 6.23. The number of hydrogen-bond acceptors (Lipinski definition) is 5. The van der Waals surface area contributed by atoms with Gasteiger partial charge in [0.05, 0.1) is 19.2 Å². The van der Waals surface area contributed by atoms with Crippen molar-refractivity contribution in [3.63, 3.8) is 0 Å². The summed E-state index contributed by atoms with van der Waals surface area (Å²) in [6, 6.07) is 0. The molecule has 0 amide bonds. The molecule has 1 saturated carbocycles. The van der Waals surface area contributed by atoms with Crippen molar-refractivity contribution in [2.45, 2.75) is 44.8 Å². The smallest absolute Gasteiger partial charge is 0.188 e. The van der Waals surface area contributed by atoms with Crippen molar-refractivity contribution in [1.82, 2.24) is 25.5 Å². The van der Waals surface area contributed by atoms with Gasteiger partial charge in [-0.1, -0.05) is 6.92 Å². The van der Waals surface area contributed by atoms with Crippen molar-refractivity contribution in [3.05, 3.63) is 5.82 Å². The van der Waals surface area contributed by atoms with Crippen LogP contribution in [0.5, 0.6) is 0 Å². The Kier molecular flexibility index (Phi) is 3.73.